The highest BCUT2D eigenvalue weighted by molar-refractivity contribution is 5.99. The zero-order valence-electron chi connectivity index (χ0n) is 18.8. The molecule has 1 saturated heterocycles. The van der Waals surface area contributed by atoms with E-state index in [0.717, 1.165) is 11.1 Å². The van der Waals surface area contributed by atoms with E-state index in [1.165, 1.54) is 16.9 Å². The number of hydrogen-bond acceptors (Lipinski definition) is 5. The van der Waals surface area contributed by atoms with E-state index in [2.05, 4.69) is 5.32 Å². The number of esters is 1. The van der Waals surface area contributed by atoms with Crippen LogP contribution >= 0.6 is 0 Å². The van der Waals surface area contributed by atoms with Gasteiger partial charge >= 0.3 is 18.0 Å². The SMILES string of the molecule is COC(=O)CN1C(=O)N(c2ccc(C)cc2)C(N(O)C(=O)Nc2ccc(C)cc2)C1(C)C. The molecular formula is C23H28N4O5. The minimum absolute atomic E-state index is 0.325. The van der Waals surface area contributed by atoms with E-state index in [1.807, 2.05) is 38.1 Å². The number of ether oxygens (including phenoxy) is 1. The maximum atomic E-state index is 13.4. The molecule has 0 spiro atoms. The number of hydroxylamine groups is 2. The number of rotatable bonds is 5. The molecule has 0 saturated carbocycles. The number of methoxy groups -OCH3 is 1. The lowest BCUT2D eigenvalue weighted by atomic mass is 9.99. The average molecular weight is 441 g/mol. The van der Waals surface area contributed by atoms with Crippen molar-refractivity contribution < 1.29 is 24.3 Å². The van der Waals surface area contributed by atoms with Crippen molar-refractivity contribution in [2.75, 3.05) is 23.9 Å². The Morgan fingerprint density at radius 2 is 1.59 bits per heavy atom. The van der Waals surface area contributed by atoms with Crippen LogP contribution in [0.3, 0.4) is 0 Å². The Morgan fingerprint density at radius 1 is 1.06 bits per heavy atom. The summed E-state index contributed by atoms with van der Waals surface area (Å²) in [6.45, 7) is 6.86. The highest BCUT2D eigenvalue weighted by Crippen LogP contribution is 2.38. The van der Waals surface area contributed by atoms with Gasteiger partial charge in [-0.2, -0.15) is 5.06 Å². The normalized spacial score (nSPS) is 17.3. The van der Waals surface area contributed by atoms with Gasteiger partial charge in [0.25, 0.3) is 0 Å². The Hall–Kier alpha value is -3.59. The van der Waals surface area contributed by atoms with Gasteiger partial charge in [-0.15, -0.1) is 0 Å². The molecule has 32 heavy (non-hydrogen) atoms. The van der Waals surface area contributed by atoms with Crippen LogP contribution in [-0.4, -0.2) is 58.6 Å². The summed E-state index contributed by atoms with van der Waals surface area (Å²) >= 11 is 0. The van der Waals surface area contributed by atoms with Crippen molar-refractivity contribution in [3.63, 3.8) is 0 Å². The van der Waals surface area contributed by atoms with Gasteiger partial charge < -0.3 is 15.0 Å². The number of hydrogen-bond donors (Lipinski definition) is 2. The van der Waals surface area contributed by atoms with E-state index in [0.29, 0.717) is 16.4 Å². The molecule has 2 aromatic rings. The number of benzene rings is 2. The lowest BCUT2D eigenvalue weighted by Crippen LogP contribution is -2.58. The molecular weight excluding hydrogens is 412 g/mol. The average Bonchev–Trinajstić information content (AvgIpc) is 2.95. The van der Waals surface area contributed by atoms with Crippen LogP contribution in [0.15, 0.2) is 48.5 Å². The molecule has 2 aromatic carbocycles. The topological polar surface area (TPSA) is 102 Å². The molecule has 0 aliphatic carbocycles. The van der Waals surface area contributed by atoms with Crippen molar-refractivity contribution in [2.45, 2.75) is 39.4 Å². The minimum Gasteiger partial charge on any atom is -0.468 e. The Bertz CT molecular complexity index is 1000. The van der Waals surface area contributed by atoms with E-state index < -0.39 is 29.7 Å². The lowest BCUT2D eigenvalue weighted by Gasteiger charge is -2.38. The van der Waals surface area contributed by atoms with Crippen molar-refractivity contribution in [1.29, 1.82) is 0 Å². The molecule has 0 bridgehead atoms. The van der Waals surface area contributed by atoms with Crippen molar-refractivity contribution in [1.82, 2.24) is 9.96 Å². The number of aryl methyl sites for hydroxylation is 2. The van der Waals surface area contributed by atoms with Gasteiger partial charge in [-0.05, 0) is 52.0 Å². The second kappa shape index (κ2) is 8.88. The molecule has 1 unspecified atom stereocenters. The third kappa shape index (κ3) is 4.38. The fraction of sp³-hybridized carbons (Fsp3) is 0.348. The second-order valence-corrected chi connectivity index (χ2v) is 8.32. The van der Waals surface area contributed by atoms with Gasteiger partial charge in [-0.3, -0.25) is 14.9 Å². The van der Waals surface area contributed by atoms with Crippen LogP contribution < -0.4 is 10.2 Å². The standard InChI is InChI=1S/C23H28N4O5/c1-15-6-10-17(11-7-15)24-21(29)27(31)20-23(3,4)25(14-19(28)32-5)22(30)26(20)18-12-8-16(2)9-13-18/h6-13,20,31H,14H2,1-5H3,(H,24,29). The van der Waals surface area contributed by atoms with Gasteiger partial charge in [-0.1, -0.05) is 35.4 Å². The summed E-state index contributed by atoms with van der Waals surface area (Å²) in [5.41, 5.74) is 1.86. The quantitative estimate of drug-likeness (QED) is 0.419. The summed E-state index contributed by atoms with van der Waals surface area (Å²) in [4.78, 5) is 40.8. The van der Waals surface area contributed by atoms with Crippen LogP contribution in [0.4, 0.5) is 21.0 Å². The van der Waals surface area contributed by atoms with Crippen molar-refractivity contribution in [3.05, 3.63) is 59.7 Å². The first-order valence-corrected chi connectivity index (χ1v) is 10.2. The van der Waals surface area contributed by atoms with Gasteiger partial charge in [0.1, 0.15) is 6.54 Å². The van der Waals surface area contributed by atoms with E-state index in [4.69, 9.17) is 4.74 Å². The fourth-order valence-electron chi connectivity index (χ4n) is 3.70. The molecule has 9 heteroatoms. The van der Waals surface area contributed by atoms with E-state index in [9.17, 15) is 19.6 Å². The number of urea groups is 2. The Kier molecular flexibility index (Phi) is 6.40. The maximum absolute atomic E-state index is 13.4. The van der Waals surface area contributed by atoms with Gasteiger partial charge in [0.05, 0.1) is 12.6 Å². The third-order valence-electron chi connectivity index (χ3n) is 5.58. The molecule has 4 amide bonds. The van der Waals surface area contributed by atoms with Crippen molar-refractivity contribution in [2.24, 2.45) is 0 Å². The smallest absolute Gasteiger partial charge is 0.347 e. The summed E-state index contributed by atoms with van der Waals surface area (Å²) in [6.07, 6.45) is -1.12. The van der Waals surface area contributed by atoms with E-state index in [-0.39, 0.29) is 6.54 Å². The number of amides is 4. The first-order chi connectivity index (χ1) is 15.1. The Labute approximate surface area is 187 Å². The predicted octanol–water partition coefficient (Wildman–Crippen LogP) is 3.75. The van der Waals surface area contributed by atoms with Crippen LogP contribution in [0, 0.1) is 13.8 Å². The Balaban J connectivity index is 1.98. The third-order valence-corrected chi connectivity index (χ3v) is 5.58. The molecule has 1 heterocycles. The molecule has 1 atom stereocenters. The monoisotopic (exact) mass is 440 g/mol. The van der Waals surface area contributed by atoms with Gasteiger partial charge in [0.2, 0.25) is 0 Å². The number of carbonyl (C=O) groups is 3. The minimum atomic E-state index is -1.13. The number of anilines is 2. The van der Waals surface area contributed by atoms with Crippen LogP contribution in [-0.2, 0) is 9.53 Å². The van der Waals surface area contributed by atoms with Crippen LogP contribution in [0.2, 0.25) is 0 Å². The van der Waals surface area contributed by atoms with Crippen LogP contribution in [0.25, 0.3) is 0 Å². The highest BCUT2D eigenvalue weighted by atomic mass is 16.5. The molecule has 0 aromatic heterocycles. The van der Waals surface area contributed by atoms with E-state index in [1.54, 1.807) is 38.1 Å². The summed E-state index contributed by atoms with van der Waals surface area (Å²) in [7, 11) is 1.23. The highest BCUT2D eigenvalue weighted by Gasteiger charge is 2.56. The van der Waals surface area contributed by atoms with Crippen LogP contribution in [0.5, 0.6) is 0 Å². The molecule has 1 aliphatic heterocycles. The molecule has 2 N–H and O–H groups in total. The summed E-state index contributed by atoms with van der Waals surface area (Å²) < 4.78 is 4.74. The molecule has 3 rings (SSSR count). The van der Waals surface area contributed by atoms with Crippen molar-refractivity contribution in [3.8, 4) is 0 Å². The van der Waals surface area contributed by atoms with Gasteiger partial charge in [0, 0.05) is 11.4 Å². The second-order valence-electron chi connectivity index (χ2n) is 8.32. The fourth-order valence-corrected chi connectivity index (χ4v) is 3.70. The predicted molar refractivity (Wildman–Crippen MR) is 119 cm³/mol. The van der Waals surface area contributed by atoms with Gasteiger partial charge in [-0.25, -0.2) is 9.59 Å². The number of nitrogens with zero attached hydrogens (tertiary/aromatic N) is 3. The molecule has 170 valence electrons. The number of nitrogens with one attached hydrogen (secondary N) is 1. The maximum Gasteiger partial charge on any atom is 0.347 e. The van der Waals surface area contributed by atoms with Crippen LogP contribution in [0.1, 0.15) is 25.0 Å². The molecule has 1 fully saturated rings. The molecule has 0 radical (unpaired) electrons. The molecule has 1 aliphatic rings. The summed E-state index contributed by atoms with van der Waals surface area (Å²) in [6, 6.07) is 12.9. The zero-order chi connectivity index (χ0) is 23.6. The lowest BCUT2D eigenvalue weighted by molar-refractivity contribution is -0.143. The van der Waals surface area contributed by atoms with Crippen molar-refractivity contribution >= 4 is 29.4 Å². The zero-order valence-corrected chi connectivity index (χ0v) is 18.8. The first-order valence-electron chi connectivity index (χ1n) is 10.2. The molecule has 9 nitrogen and oxygen atoms in total. The summed E-state index contributed by atoms with van der Waals surface area (Å²) in [5.74, 6) is -0.607. The first kappa shape index (κ1) is 23.1. The largest absolute Gasteiger partial charge is 0.468 e. The van der Waals surface area contributed by atoms with Gasteiger partial charge in [0.15, 0.2) is 6.17 Å². The van der Waals surface area contributed by atoms with E-state index >= 15 is 0 Å². The number of carbonyl (C=O) groups excluding carboxylic acids is 3. The Morgan fingerprint density at radius 3 is 2.12 bits per heavy atom. The summed E-state index contributed by atoms with van der Waals surface area (Å²) in [5, 5.41) is 14.1.